The minimum absolute atomic E-state index is 0.347. The van der Waals surface area contributed by atoms with E-state index in [0.717, 1.165) is 25.1 Å². The molecule has 2 heterocycles. The van der Waals surface area contributed by atoms with E-state index in [-0.39, 0.29) is 0 Å². The highest BCUT2D eigenvalue weighted by Crippen LogP contribution is 2.35. The van der Waals surface area contributed by atoms with Gasteiger partial charge in [0.2, 0.25) is 0 Å². The molecule has 0 radical (unpaired) electrons. The molecule has 0 unspecified atom stereocenters. The van der Waals surface area contributed by atoms with Gasteiger partial charge in [-0.1, -0.05) is 6.42 Å². The van der Waals surface area contributed by atoms with E-state index in [4.69, 9.17) is 0 Å². The molecule has 0 atom stereocenters. The van der Waals surface area contributed by atoms with Crippen molar-refractivity contribution >= 4 is 17.2 Å². The number of carbonyl (C=O) groups is 1. The standard InChI is InChI=1S/C17H14F2N4O2/c18-10-6-12(19)15(13(24)7-10)17(25)20-11-4-5-14-21-22-16(23(14)8-11)9-2-1-3-9/h4-9,24H,1-3H2,(H,20,25). The number of halogens is 2. The Bertz CT molecular complexity index is 959. The number of anilines is 1. The van der Waals surface area contributed by atoms with Crippen LogP contribution in [0.2, 0.25) is 0 Å². The number of benzene rings is 1. The van der Waals surface area contributed by atoms with Gasteiger partial charge in [0.25, 0.3) is 5.91 Å². The number of aromatic nitrogens is 3. The average molecular weight is 344 g/mol. The normalized spacial score (nSPS) is 14.5. The fourth-order valence-corrected chi connectivity index (χ4v) is 2.91. The predicted molar refractivity (Wildman–Crippen MR) is 85.6 cm³/mol. The predicted octanol–water partition coefficient (Wildman–Crippen LogP) is 3.23. The smallest absolute Gasteiger partial charge is 0.262 e. The lowest BCUT2D eigenvalue weighted by Gasteiger charge is -2.23. The topological polar surface area (TPSA) is 79.5 Å². The SMILES string of the molecule is O=C(Nc1ccc2nnc(C3CCC3)n2c1)c1c(O)cc(F)cc1F. The Morgan fingerprint density at radius 2 is 2.04 bits per heavy atom. The van der Waals surface area contributed by atoms with Crippen LogP contribution < -0.4 is 5.32 Å². The van der Waals surface area contributed by atoms with Crippen LogP contribution in [0.25, 0.3) is 5.65 Å². The summed E-state index contributed by atoms with van der Waals surface area (Å²) in [6.45, 7) is 0. The van der Waals surface area contributed by atoms with Gasteiger partial charge in [-0.15, -0.1) is 10.2 Å². The molecule has 128 valence electrons. The number of phenols is 1. The number of hydrogen-bond acceptors (Lipinski definition) is 4. The van der Waals surface area contributed by atoms with Crippen LogP contribution in [0.3, 0.4) is 0 Å². The van der Waals surface area contributed by atoms with Gasteiger partial charge >= 0.3 is 0 Å². The Hall–Kier alpha value is -3.03. The second-order valence-electron chi connectivity index (χ2n) is 6.07. The molecule has 1 aromatic carbocycles. The lowest BCUT2D eigenvalue weighted by molar-refractivity contribution is 0.102. The number of aromatic hydroxyl groups is 1. The molecule has 2 aromatic heterocycles. The van der Waals surface area contributed by atoms with Crippen LogP contribution in [0.5, 0.6) is 5.75 Å². The van der Waals surface area contributed by atoms with Gasteiger partial charge < -0.3 is 10.4 Å². The van der Waals surface area contributed by atoms with E-state index in [1.807, 2.05) is 0 Å². The third-order valence-corrected chi connectivity index (χ3v) is 4.42. The second-order valence-corrected chi connectivity index (χ2v) is 6.07. The van der Waals surface area contributed by atoms with Crippen molar-refractivity contribution in [3.63, 3.8) is 0 Å². The fourth-order valence-electron chi connectivity index (χ4n) is 2.91. The number of hydrogen-bond donors (Lipinski definition) is 2. The Morgan fingerprint density at radius 1 is 1.24 bits per heavy atom. The van der Waals surface area contributed by atoms with Crippen LogP contribution >= 0.6 is 0 Å². The van der Waals surface area contributed by atoms with Gasteiger partial charge in [-0.05, 0) is 25.0 Å². The molecule has 1 fully saturated rings. The number of pyridine rings is 1. The zero-order chi connectivity index (χ0) is 17.6. The molecule has 3 aromatic rings. The van der Waals surface area contributed by atoms with Crippen molar-refractivity contribution in [3.05, 3.63) is 53.5 Å². The lowest BCUT2D eigenvalue weighted by Crippen LogP contribution is -2.16. The summed E-state index contributed by atoms with van der Waals surface area (Å²) in [5.74, 6) is -2.53. The van der Waals surface area contributed by atoms with Crippen LogP contribution in [0.4, 0.5) is 14.5 Å². The van der Waals surface area contributed by atoms with Crippen molar-refractivity contribution in [1.29, 1.82) is 0 Å². The molecule has 1 aliphatic carbocycles. The largest absolute Gasteiger partial charge is 0.507 e. The monoisotopic (exact) mass is 344 g/mol. The van der Waals surface area contributed by atoms with Crippen LogP contribution in [0, 0.1) is 11.6 Å². The third-order valence-electron chi connectivity index (χ3n) is 4.42. The maximum atomic E-state index is 13.8. The first-order valence-electron chi connectivity index (χ1n) is 7.87. The summed E-state index contributed by atoms with van der Waals surface area (Å²) < 4.78 is 28.6. The van der Waals surface area contributed by atoms with Gasteiger partial charge in [-0.3, -0.25) is 9.20 Å². The van der Waals surface area contributed by atoms with Crippen LogP contribution in [0.15, 0.2) is 30.5 Å². The summed E-state index contributed by atoms with van der Waals surface area (Å²) in [4.78, 5) is 12.3. The van der Waals surface area contributed by atoms with Crippen molar-refractivity contribution < 1.29 is 18.7 Å². The average Bonchev–Trinajstić information content (AvgIpc) is 2.87. The molecule has 0 saturated heterocycles. The molecule has 0 aliphatic heterocycles. The first-order chi connectivity index (χ1) is 12.0. The zero-order valence-corrected chi connectivity index (χ0v) is 13.0. The molecule has 6 nitrogen and oxygen atoms in total. The molecule has 25 heavy (non-hydrogen) atoms. The van der Waals surface area contributed by atoms with Crippen LogP contribution in [0.1, 0.15) is 41.4 Å². The van der Waals surface area contributed by atoms with Gasteiger partial charge in [0.15, 0.2) is 5.65 Å². The lowest BCUT2D eigenvalue weighted by atomic mass is 9.85. The van der Waals surface area contributed by atoms with Gasteiger partial charge in [-0.25, -0.2) is 8.78 Å². The number of carbonyl (C=O) groups excluding carboxylic acids is 1. The number of amides is 1. The van der Waals surface area contributed by atoms with Gasteiger partial charge in [0, 0.05) is 24.2 Å². The molecule has 4 rings (SSSR count). The van der Waals surface area contributed by atoms with Crippen molar-refractivity contribution in [2.45, 2.75) is 25.2 Å². The molecule has 1 amide bonds. The minimum atomic E-state index is -1.13. The number of rotatable bonds is 3. The Morgan fingerprint density at radius 3 is 2.72 bits per heavy atom. The number of nitrogens with zero attached hydrogens (tertiary/aromatic N) is 3. The van der Waals surface area contributed by atoms with E-state index in [1.165, 1.54) is 0 Å². The van der Waals surface area contributed by atoms with Crippen molar-refractivity contribution in [2.75, 3.05) is 5.32 Å². The minimum Gasteiger partial charge on any atom is -0.507 e. The highest BCUT2D eigenvalue weighted by molar-refractivity contribution is 6.06. The van der Waals surface area contributed by atoms with E-state index in [0.29, 0.717) is 29.4 Å². The third kappa shape index (κ3) is 2.69. The maximum absolute atomic E-state index is 13.8. The second kappa shape index (κ2) is 5.80. The molecule has 1 saturated carbocycles. The number of phenolic OH excluding ortho intramolecular Hbond substituents is 1. The highest BCUT2D eigenvalue weighted by atomic mass is 19.1. The van der Waals surface area contributed by atoms with E-state index in [9.17, 15) is 18.7 Å². The van der Waals surface area contributed by atoms with Gasteiger partial charge in [-0.2, -0.15) is 0 Å². The summed E-state index contributed by atoms with van der Waals surface area (Å²) in [5, 5.41) is 20.4. The van der Waals surface area contributed by atoms with Crippen molar-refractivity contribution in [3.8, 4) is 5.75 Å². The van der Waals surface area contributed by atoms with E-state index >= 15 is 0 Å². The highest BCUT2D eigenvalue weighted by Gasteiger charge is 2.25. The molecule has 0 bridgehead atoms. The first-order valence-corrected chi connectivity index (χ1v) is 7.87. The summed E-state index contributed by atoms with van der Waals surface area (Å²) >= 11 is 0. The van der Waals surface area contributed by atoms with E-state index in [2.05, 4.69) is 15.5 Å². The first kappa shape index (κ1) is 15.5. The molecular weight excluding hydrogens is 330 g/mol. The van der Waals surface area contributed by atoms with Crippen LogP contribution in [-0.2, 0) is 0 Å². The van der Waals surface area contributed by atoms with Gasteiger partial charge in [0.1, 0.15) is 28.8 Å². The number of nitrogens with one attached hydrogen (secondary N) is 1. The molecule has 2 N–H and O–H groups in total. The van der Waals surface area contributed by atoms with E-state index < -0.39 is 28.9 Å². The fraction of sp³-hybridized carbons (Fsp3) is 0.235. The summed E-state index contributed by atoms with van der Waals surface area (Å²) in [6, 6.07) is 4.53. The molecule has 0 spiro atoms. The maximum Gasteiger partial charge on any atom is 0.262 e. The summed E-state index contributed by atoms with van der Waals surface area (Å²) in [7, 11) is 0. The Labute approximate surface area is 141 Å². The molecular formula is C17H14F2N4O2. The summed E-state index contributed by atoms with van der Waals surface area (Å²) in [5.41, 5.74) is 0.432. The van der Waals surface area contributed by atoms with Crippen LogP contribution in [-0.4, -0.2) is 25.6 Å². The Balaban J connectivity index is 1.65. The number of fused-ring (bicyclic) bond motifs is 1. The quantitative estimate of drug-likeness (QED) is 0.764. The Kier molecular flexibility index (Phi) is 3.60. The van der Waals surface area contributed by atoms with Crippen molar-refractivity contribution in [2.24, 2.45) is 0 Å². The zero-order valence-electron chi connectivity index (χ0n) is 13.0. The van der Waals surface area contributed by atoms with Gasteiger partial charge in [0.05, 0.1) is 5.69 Å². The van der Waals surface area contributed by atoms with E-state index in [1.54, 1.807) is 22.7 Å². The summed E-state index contributed by atoms with van der Waals surface area (Å²) in [6.07, 6.45) is 4.90. The molecule has 8 heteroatoms. The van der Waals surface area contributed by atoms with Crippen molar-refractivity contribution in [1.82, 2.24) is 14.6 Å². The molecule has 1 aliphatic rings.